The fourth-order valence-electron chi connectivity index (χ4n) is 1.14. The lowest BCUT2D eigenvalue weighted by atomic mass is 10.3. The van der Waals surface area contributed by atoms with Gasteiger partial charge in [-0.15, -0.1) is 0 Å². The first-order chi connectivity index (χ1) is 6.22. The summed E-state index contributed by atoms with van der Waals surface area (Å²) in [5.41, 5.74) is 6.50. The van der Waals surface area contributed by atoms with Gasteiger partial charge < -0.3 is 10.5 Å². The van der Waals surface area contributed by atoms with E-state index in [1.54, 1.807) is 13.2 Å². The Bertz CT molecular complexity index is 255. The summed E-state index contributed by atoms with van der Waals surface area (Å²) in [6.45, 7) is 2.65. The molecule has 0 fully saturated rings. The van der Waals surface area contributed by atoms with Gasteiger partial charge in [-0.1, -0.05) is 0 Å². The molecule has 4 heteroatoms. The number of ether oxygens (including phenoxy) is 1. The lowest BCUT2D eigenvalue weighted by molar-refractivity contribution is 0.194. The molecule has 0 atom stereocenters. The van der Waals surface area contributed by atoms with Crippen LogP contribution in [0.3, 0.4) is 0 Å². The second-order valence-corrected chi connectivity index (χ2v) is 2.95. The van der Waals surface area contributed by atoms with Gasteiger partial charge in [-0.05, 0) is 13.3 Å². The molecule has 13 heavy (non-hydrogen) atoms. The predicted octanol–water partition coefficient (Wildman–Crippen LogP) is 0.946. The normalized spacial score (nSPS) is 10.3. The highest BCUT2D eigenvalue weighted by molar-refractivity contribution is 5.29. The molecule has 0 unspecified atom stereocenters. The van der Waals surface area contributed by atoms with Crippen molar-refractivity contribution in [3.05, 3.63) is 17.6 Å². The van der Waals surface area contributed by atoms with E-state index in [4.69, 9.17) is 10.5 Å². The van der Waals surface area contributed by atoms with Crippen LogP contribution in [0.25, 0.3) is 0 Å². The van der Waals surface area contributed by atoms with Crippen molar-refractivity contribution in [3.8, 4) is 0 Å². The summed E-state index contributed by atoms with van der Waals surface area (Å²) in [5, 5.41) is 0. The highest BCUT2D eigenvalue weighted by Gasteiger charge is 1.99. The molecule has 0 saturated heterocycles. The Labute approximate surface area is 78.1 Å². The van der Waals surface area contributed by atoms with Crippen LogP contribution in [0.5, 0.6) is 0 Å². The highest BCUT2D eigenvalue weighted by atomic mass is 16.5. The quantitative estimate of drug-likeness (QED) is 0.702. The van der Waals surface area contributed by atoms with Gasteiger partial charge in [0.25, 0.3) is 0 Å². The van der Waals surface area contributed by atoms with Crippen molar-refractivity contribution >= 4 is 5.82 Å². The number of anilines is 1. The van der Waals surface area contributed by atoms with Crippen molar-refractivity contribution in [3.63, 3.8) is 0 Å². The maximum atomic E-state index is 5.58. The van der Waals surface area contributed by atoms with Crippen LogP contribution in [0.2, 0.25) is 0 Å². The molecule has 1 heterocycles. The van der Waals surface area contributed by atoms with E-state index in [9.17, 15) is 0 Å². The first-order valence-electron chi connectivity index (χ1n) is 4.31. The van der Waals surface area contributed by atoms with Gasteiger partial charge in [0.05, 0.1) is 0 Å². The van der Waals surface area contributed by atoms with Gasteiger partial charge in [-0.2, -0.15) is 0 Å². The summed E-state index contributed by atoms with van der Waals surface area (Å²) in [7, 11) is 1.69. The fraction of sp³-hybridized carbons (Fsp3) is 0.556. The van der Waals surface area contributed by atoms with E-state index in [1.165, 1.54) is 0 Å². The van der Waals surface area contributed by atoms with Crippen LogP contribution in [0.1, 0.15) is 17.9 Å². The predicted molar refractivity (Wildman–Crippen MR) is 51.4 cm³/mol. The second kappa shape index (κ2) is 4.77. The molecule has 0 amide bonds. The van der Waals surface area contributed by atoms with Gasteiger partial charge in [0, 0.05) is 31.9 Å². The number of hydrogen-bond donors (Lipinski definition) is 1. The average Bonchev–Trinajstić information content (AvgIpc) is 2.03. The summed E-state index contributed by atoms with van der Waals surface area (Å²) in [6, 6.07) is 1.76. The van der Waals surface area contributed by atoms with Crippen molar-refractivity contribution in [2.45, 2.75) is 19.8 Å². The molecule has 4 nitrogen and oxygen atoms in total. The Hall–Kier alpha value is -1.16. The minimum atomic E-state index is 0.542. The molecule has 0 bridgehead atoms. The Balaban J connectivity index is 2.56. The lowest BCUT2D eigenvalue weighted by Gasteiger charge is -2.02. The lowest BCUT2D eigenvalue weighted by Crippen LogP contribution is -2.02. The number of rotatable bonds is 4. The second-order valence-electron chi connectivity index (χ2n) is 2.95. The zero-order chi connectivity index (χ0) is 9.68. The standard InChI is InChI=1S/C9H15N3O/c1-7-6-8(10)12-9(11-7)4-3-5-13-2/h6H,3-5H2,1-2H3,(H2,10,11,12). The topological polar surface area (TPSA) is 61.0 Å². The molecule has 0 aliphatic carbocycles. The van der Waals surface area contributed by atoms with E-state index in [2.05, 4.69) is 9.97 Å². The molecule has 0 aromatic carbocycles. The summed E-state index contributed by atoms with van der Waals surface area (Å²) < 4.78 is 4.94. The number of aryl methyl sites for hydroxylation is 2. The van der Waals surface area contributed by atoms with Crippen molar-refractivity contribution in [1.82, 2.24) is 9.97 Å². The van der Waals surface area contributed by atoms with Crippen molar-refractivity contribution in [2.24, 2.45) is 0 Å². The SMILES string of the molecule is COCCCc1nc(C)cc(N)n1. The minimum absolute atomic E-state index is 0.542. The number of nitrogens with zero attached hydrogens (tertiary/aromatic N) is 2. The van der Waals surface area contributed by atoms with Crippen LogP contribution in [-0.2, 0) is 11.2 Å². The molecule has 72 valence electrons. The van der Waals surface area contributed by atoms with E-state index < -0.39 is 0 Å². The Morgan fingerprint density at radius 3 is 2.85 bits per heavy atom. The molecular weight excluding hydrogens is 166 g/mol. The molecule has 2 N–H and O–H groups in total. The molecule has 1 rings (SSSR count). The van der Waals surface area contributed by atoms with E-state index in [0.29, 0.717) is 5.82 Å². The Morgan fingerprint density at radius 2 is 2.23 bits per heavy atom. The molecule has 0 aliphatic heterocycles. The van der Waals surface area contributed by atoms with Crippen LogP contribution in [-0.4, -0.2) is 23.7 Å². The van der Waals surface area contributed by atoms with Crippen molar-refractivity contribution < 1.29 is 4.74 Å². The van der Waals surface area contributed by atoms with E-state index in [1.807, 2.05) is 6.92 Å². The van der Waals surface area contributed by atoms with Crippen molar-refractivity contribution in [2.75, 3.05) is 19.5 Å². The zero-order valence-corrected chi connectivity index (χ0v) is 8.08. The molecule has 0 saturated carbocycles. The average molecular weight is 181 g/mol. The smallest absolute Gasteiger partial charge is 0.131 e. The first kappa shape index (κ1) is 9.92. The molecule has 0 radical (unpaired) electrons. The molecule has 0 spiro atoms. The molecule has 1 aromatic rings. The van der Waals surface area contributed by atoms with Crippen molar-refractivity contribution in [1.29, 1.82) is 0 Å². The summed E-state index contributed by atoms with van der Waals surface area (Å²) in [4.78, 5) is 8.38. The largest absolute Gasteiger partial charge is 0.385 e. The third-order valence-electron chi connectivity index (χ3n) is 1.67. The van der Waals surface area contributed by atoms with Gasteiger partial charge in [0.1, 0.15) is 11.6 Å². The maximum Gasteiger partial charge on any atom is 0.131 e. The fourth-order valence-corrected chi connectivity index (χ4v) is 1.14. The third-order valence-corrected chi connectivity index (χ3v) is 1.67. The number of hydrogen-bond acceptors (Lipinski definition) is 4. The summed E-state index contributed by atoms with van der Waals surface area (Å²) >= 11 is 0. The zero-order valence-electron chi connectivity index (χ0n) is 8.08. The van der Waals surface area contributed by atoms with Gasteiger partial charge in [0.2, 0.25) is 0 Å². The van der Waals surface area contributed by atoms with E-state index >= 15 is 0 Å². The summed E-state index contributed by atoms with van der Waals surface area (Å²) in [5.74, 6) is 1.34. The number of nitrogens with two attached hydrogens (primary N) is 1. The van der Waals surface area contributed by atoms with Crippen LogP contribution in [0.4, 0.5) is 5.82 Å². The van der Waals surface area contributed by atoms with Crippen LogP contribution in [0, 0.1) is 6.92 Å². The Morgan fingerprint density at radius 1 is 1.46 bits per heavy atom. The van der Waals surface area contributed by atoms with Gasteiger partial charge in [-0.25, -0.2) is 9.97 Å². The van der Waals surface area contributed by atoms with E-state index in [-0.39, 0.29) is 0 Å². The monoisotopic (exact) mass is 181 g/mol. The molecule has 0 aliphatic rings. The van der Waals surface area contributed by atoms with Gasteiger partial charge in [-0.3, -0.25) is 0 Å². The number of nitrogen functional groups attached to an aromatic ring is 1. The minimum Gasteiger partial charge on any atom is -0.385 e. The highest BCUT2D eigenvalue weighted by Crippen LogP contribution is 2.03. The molecule has 1 aromatic heterocycles. The number of aromatic nitrogens is 2. The van der Waals surface area contributed by atoms with Crippen LogP contribution >= 0.6 is 0 Å². The first-order valence-corrected chi connectivity index (χ1v) is 4.31. The maximum absolute atomic E-state index is 5.58. The third kappa shape index (κ3) is 3.38. The van der Waals surface area contributed by atoms with Crippen LogP contribution < -0.4 is 5.73 Å². The summed E-state index contributed by atoms with van der Waals surface area (Å²) in [6.07, 6.45) is 1.75. The van der Waals surface area contributed by atoms with Gasteiger partial charge >= 0.3 is 0 Å². The molecular formula is C9H15N3O. The Kier molecular flexibility index (Phi) is 3.64. The van der Waals surface area contributed by atoms with Crippen LogP contribution in [0.15, 0.2) is 6.07 Å². The van der Waals surface area contributed by atoms with Gasteiger partial charge in [0.15, 0.2) is 0 Å². The van der Waals surface area contributed by atoms with E-state index in [0.717, 1.165) is 31.0 Å². The number of methoxy groups -OCH3 is 1.